The molecule has 0 saturated heterocycles. The first-order valence-electron chi connectivity index (χ1n) is 6.56. The third kappa shape index (κ3) is 4.49. The number of amides is 1. The third-order valence-electron chi connectivity index (χ3n) is 3.04. The average Bonchev–Trinajstić information content (AvgIpc) is 2.46. The van der Waals surface area contributed by atoms with E-state index in [1.165, 1.54) is 12.1 Å². The Morgan fingerprint density at radius 1 is 1.09 bits per heavy atom. The Balaban J connectivity index is 1.95. The van der Waals surface area contributed by atoms with Gasteiger partial charge in [0.05, 0.1) is 5.56 Å². The molecule has 0 aliphatic heterocycles. The highest BCUT2D eigenvalue weighted by atomic mass is 35.5. The molecule has 0 heterocycles. The van der Waals surface area contributed by atoms with E-state index < -0.39 is 17.6 Å². The predicted octanol–water partition coefficient (Wildman–Crippen LogP) is 4.33. The Kier molecular flexibility index (Phi) is 5.08. The zero-order valence-corrected chi connectivity index (χ0v) is 12.2. The molecule has 2 nitrogen and oxygen atoms in total. The van der Waals surface area contributed by atoms with Crippen LogP contribution in [0.25, 0.3) is 0 Å². The molecule has 0 aliphatic carbocycles. The van der Waals surface area contributed by atoms with Crippen LogP contribution >= 0.6 is 11.6 Å². The van der Waals surface area contributed by atoms with E-state index in [1.54, 1.807) is 18.2 Å². The van der Waals surface area contributed by atoms with E-state index in [4.69, 9.17) is 11.6 Å². The summed E-state index contributed by atoms with van der Waals surface area (Å²) >= 11 is 5.85. The second-order valence-corrected chi connectivity index (χ2v) is 5.15. The molecule has 0 aromatic heterocycles. The number of carbonyl (C=O) groups is 1. The monoisotopic (exact) mass is 327 g/mol. The van der Waals surface area contributed by atoms with Crippen LogP contribution in [-0.2, 0) is 12.6 Å². The number of nitrogens with one attached hydrogen (secondary N) is 1. The number of rotatable bonds is 4. The molecular weight excluding hydrogens is 315 g/mol. The predicted molar refractivity (Wildman–Crippen MR) is 78.9 cm³/mol. The van der Waals surface area contributed by atoms with Crippen LogP contribution in [-0.4, -0.2) is 12.5 Å². The van der Waals surface area contributed by atoms with Crippen LogP contribution in [0.15, 0.2) is 48.5 Å². The topological polar surface area (TPSA) is 29.1 Å². The number of hydrogen-bond donors (Lipinski definition) is 1. The first kappa shape index (κ1) is 16.4. The molecule has 6 heteroatoms. The fraction of sp³-hybridized carbons (Fsp3) is 0.188. The Morgan fingerprint density at radius 2 is 1.82 bits per heavy atom. The van der Waals surface area contributed by atoms with Crippen LogP contribution in [0.4, 0.5) is 13.2 Å². The van der Waals surface area contributed by atoms with Gasteiger partial charge in [0.1, 0.15) is 0 Å². The lowest BCUT2D eigenvalue weighted by atomic mass is 10.1. The standard InChI is InChI=1S/C16H13ClF3NO/c17-14-6-1-3-11(9-14)7-8-21-15(22)12-4-2-5-13(10-12)16(18,19)20/h1-6,9-10H,7-8H2,(H,21,22). The maximum Gasteiger partial charge on any atom is 0.416 e. The first-order valence-corrected chi connectivity index (χ1v) is 6.94. The van der Waals surface area contributed by atoms with Gasteiger partial charge in [0.15, 0.2) is 0 Å². The van der Waals surface area contributed by atoms with Gasteiger partial charge in [-0.25, -0.2) is 0 Å². The van der Waals surface area contributed by atoms with Gasteiger partial charge in [-0.15, -0.1) is 0 Å². The van der Waals surface area contributed by atoms with Gasteiger partial charge >= 0.3 is 6.18 Å². The molecule has 1 N–H and O–H groups in total. The van der Waals surface area contributed by atoms with Crippen LogP contribution < -0.4 is 5.32 Å². The second-order valence-electron chi connectivity index (χ2n) is 4.71. The molecule has 0 aliphatic rings. The lowest BCUT2D eigenvalue weighted by Crippen LogP contribution is -2.26. The number of halogens is 4. The van der Waals surface area contributed by atoms with E-state index in [2.05, 4.69) is 5.32 Å². The van der Waals surface area contributed by atoms with E-state index in [0.29, 0.717) is 18.0 Å². The summed E-state index contributed by atoms with van der Waals surface area (Å²) in [5.41, 5.74) is 0.0905. The van der Waals surface area contributed by atoms with Crippen molar-refractivity contribution in [1.82, 2.24) is 5.32 Å². The highest BCUT2D eigenvalue weighted by Gasteiger charge is 2.30. The lowest BCUT2D eigenvalue weighted by Gasteiger charge is -2.09. The largest absolute Gasteiger partial charge is 0.416 e. The number of carbonyl (C=O) groups excluding carboxylic acids is 1. The third-order valence-corrected chi connectivity index (χ3v) is 3.28. The Hall–Kier alpha value is -2.01. The molecule has 2 rings (SSSR count). The number of benzene rings is 2. The minimum Gasteiger partial charge on any atom is -0.352 e. The summed E-state index contributed by atoms with van der Waals surface area (Å²) in [5, 5.41) is 3.19. The van der Waals surface area contributed by atoms with Gasteiger partial charge in [-0.3, -0.25) is 4.79 Å². The number of hydrogen-bond acceptors (Lipinski definition) is 1. The molecule has 1 amide bonds. The van der Waals surface area contributed by atoms with Crippen molar-refractivity contribution in [2.24, 2.45) is 0 Å². The lowest BCUT2D eigenvalue weighted by molar-refractivity contribution is -0.137. The molecule has 2 aromatic carbocycles. The van der Waals surface area contributed by atoms with Crippen LogP contribution in [0.3, 0.4) is 0 Å². The summed E-state index contributed by atoms with van der Waals surface area (Å²) in [4.78, 5) is 11.9. The van der Waals surface area contributed by atoms with Crippen LogP contribution in [0.5, 0.6) is 0 Å². The molecule has 0 bridgehead atoms. The quantitative estimate of drug-likeness (QED) is 0.889. The smallest absolute Gasteiger partial charge is 0.352 e. The van der Waals surface area contributed by atoms with Gasteiger partial charge in [0.2, 0.25) is 0 Å². The fourth-order valence-electron chi connectivity index (χ4n) is 1.95. The molecule has 0 radical (unpaired) electrons. The molecular formula is C16H13ClF3NO. The van der Waals surface area contributed by atoms with Gasteiger partial charge in [0.25, 0.3) is 5.91 Å². The SMILES string of the molecule is O=C(NCCc1cccc(Cl)c1)c1cccc(C(F)(F)F)c1. The zero-order chi connectivity index (χ0) is 16.2. The Bertz CT molecular complexity index is 670. The van der Waals surface area contributed by atoms with Gasteiger partial charge in [-0.1, -0.05) is 29.8 Å². The van der Waals surface area contributed by atoms with Crippen molar-refractivity contribution in [3.8, 4) is 0 Å². The minimum absolute atomic E-state index is 0.0130. The van der Waals surface area contributed by atoms with Crippen molar-refractivity contribution < 1.29 is 18.0 Å². The Morgan fingerprint density at radius 3 is 2.50 bits per heavy atom. The minimum atomic E-state index is -4.46. The van der Waals surface area contributed by atoms with Gasteiger partial charge in [0, 0.05) is 17.1 Å². The molecule has 116 valence electrons. The molecule has 0 unspecified atom stereocenters. The summed E-state index contributed by atoms with van der Waals surface area (Å²) in [6.07, 6.45) is -3.91. The van der Waals surface area contributed by atoms with Crippen molar-refractivity contribution in [2.45, 2.75) is 12.6 Å². The van der Waals surface area contributed by atoms with E-state index in [0.717, 1.165) is 17.7 Å². The molecule has 2 aromatic rings. The maximum absolute atomic E-state index is 12.6. The van der Waals surface area contributed by atoms with Crippen molar-refractivity contribution in [3.05, 3.63) is 70.2 Å². The van der Waals surface area contributed by atoms with Crippen LogP contribution in [0.2, 0.25) is 5.02 Å². The summed E-state index contributed by atoms with van der Waals surface area (Å²) in [7, 11) is 0. The summed E-state index contributed by atoms with van der Waals surface area (Å²) in [6.45, 7) is 0.315. The van der Waals surface area contributed by atoms with Gasteiger partial charge in [-0.2, -0.15) is 13.2 Å². The zero-order valence-electron chi connectivity index (χ0n) is 11.5. The van der Waals surface area contributed by atoms with Crippen molar-refractivity contribution in [3.63, 3.8) is 0 Å². The summed E-state index contributed by atoms with van der Waals surface area (Å²) in [6, 6.07) is 11.5. The highest BCUT2D eigenvalue weighted by molar-refractivity contribution is 6.30. The van der Waals surface area contributed by atoms with Crippen molar-refractivity contribution in [1.29, 1.82) is 0 Å². The van der Waals surface area contributed by atoms with E-state index in [1.807, 2.05) is 6.07 Å². The molecule has 22 heavy (non-hydrogen) atoms. The molecule has 0 spiro atoms. The van der Waals surface area contributed by atoms with Crippen LogP contribution in [0.1, 0.15) is 21.5 Å². The average molecular weight is 328 g/mol. The highest BCUT2D eigenvalue weighted by Crippen LogP contribution is 2.29. The first-order chi connectivity index (χ1) is 10.4. The van der Waals surface area contributed by atoms with E-state index >= 15 is 0 Å². The summed E-state index contributed by atoms with van der Waals surface area (Å²) in [5.74, 6) is -0.534. The summed E-state index contributed by atoms with van der Waals surface area (Å²) < 4.78 is 37.8. The molecule has 0 fully saturated rings. The van der Waals surface area contributed by atoms with Gasteiger partial charge < -0.3 is 5.32 Å². The second kappa shape index (κ2) is 6.83. The molecule has 0 atom stereocenters. The van der Waals surface area contributed by atoms with Gasteiger partial charge in [-0.05, 0) is 42.3 Å². The van der Waals surface area contributed by atoms with E-state index in [9.17, 15) is 18.0 Å². The van der Waals surface area contributed by atoms with Crippen molar-refractivity contribution in [2.75, 3.05) is 6.54 Å². The maximum atomic E-state index is 12.6. The van der Waals surface area contributed by atoms with Crippen molar-refractivity contribution >= 4 is 17.5 Å². The number of alkyl halides is 3. The molecule has 0 saturated carbocycles. The normalized spacial score (nSPS) is 11.3. The Labute approximate surface area is 130 Å². The van der Waals surface area contributed by atoms with Crippen LogP contribution in [0, 0.1) is 0 Å². The fourth-order valence-corrected chi connectivity index (χ4v) is 2.16. The van der Waals surface area contributed by atoms with E-state index in [-0.39, 0.29) is 5.56 Å².